The molecule has 1 nitrogen and oxygen atoms in total. The number of benzene rings is 6. The Labute approximate surface area is 225 Å². The maximum atomic E-state index is 2.50. The van der Waals surface area contributed by atoms with Gasteiger partial charge in [-0.2, -0.15) is 0 Å². The van der Waals surface area contributed by atoms with E-state index in [1.165, 1.54) is 80.7 Å². The number of thiophene rings is 1. The van der Waals surface area contributed by atoms with E-state index in [2.05, 4.69) is 134 Å². The van der Waals surface area contributed by atoms with Gasteiger partial charge < -0.3 is 4.57 Å². The minimum Gasteiger partial charge on any atom is -0.309 e. The highest BCUT2D eigenvalue weighted by atomic mass is 32.1. The van der Waals surface area contributed by atoms with E-state index in [4.69, 9.17) is 0 Å². The molecule has 0 amide bonds. The minimum absolute atomic E-state index is 1.19. The van der Waals surface area contributed by atoms with E-state index in [-0.39, 0.29) is 0 Å². The molecule has 0 radical (unpaired) electrons. The second kappa shape index (κ2) is 8.05. The molecular formula is C36H25NS. The van der Waals surface area contributed by atoms with Crippen LogP contribution in [0.2, 0.25) is 0 Å². The van der Waals surface area contributed by atoms with E-state index < -0.39 is 0 Å². The Kier molecular flexibility index (Phi) is 4.59. The van der Waals surface area contributed by atoms with Crippen LogP contribution in [0, 0.1) is 13.8 Å². The minimum atomic E-state index is 1.19. The van der Waals surface area contributed by atoms with Crippen LogP contribution in [0.5, 0.6) is 0 Å². The van der Waals surface area contributed by atoms with E-state index in [9.17, 15) is 0 Å². The van der Waals surface area contributed by atoms with Crippen molar-refractivity contribution in [1.29, 1.82) is 0 Å². The smallest absolute Gasteiger partial charge is 0.0634 e. The average Bonchev–Trinajstić information content (AvgIpc) is 3.51. The van der Waals surface area contributed by atoms with E-state index in [0.717, 1.165) is 0 Å². The summed E-state index contributed by atoms with van der Waals surface area (Å²) in [7, 11) is 0. The molecular weight excluding hydrogens is 478 g/mol. The number of hydrogen-bond donors (Lipinski definition) is 0. The molecule has 2 aromatic heterocycles. The summed E-state index contributed by atoms with van der Waals surface area (Å²) in [5.74, 6) is 0. The van der Waals surface area contributed by atoms with Gasteiger partial charge >= 0.3 is 0 Å². The molecule has 0 bridgehead atoms. The summed E-state index contributed by atoms with van der Waals surface area (Å²) in [6.07, 6.45) is 0. The van der Waals surface area contributed by atoms with Crippen molar-refractivity contribution < 1.29 is 0 Å². The van der Waals surface area contributed by atoms with Gasteiger partial charge in [0.25, 0.3) is 0 Å². The Morgan fingerprint density at radius 2 is 1.21 bits per heavy atom. The first-order chi connectivity index (χ1) is 18.7. The number of aryl methyl sites for hydroxylation is 2. The number of para-hydroxylation sites is 1. The number of hydrogen-bond acceptors (Lipinski definition) is 1. The third kappa shape index (κ3) is 2.87. The largest absolute Gasteiger partial charge is 0.309 e. The fourth-order valence-electron chi connectivity index (χ4n) is 6.40. The normalized spacial score (nSPS) is 11.9. The zero-order valence-corrected chi connectivity index (χ0v) is 22.1. The molecule has 0 atom stereocenters. The third-order valence-electron chi connectivity index (χ3n) is 8.05. The van der Waals surface area contributed by atoms with Gasteiger partial charge in [0, 0.05) is 42.0 Å². The van der Waals surface area contributed by atoms with Gasteiger partial charge in [-0.15, -0.1) is 11.3 Å². The van der Waals surface area contributed by atoms with Crippen molar-refractivity contribution in [3.8, 4) is 16.8 Å². The molecule has 0 saturated carbocycles. The Bertz CT molecular complexity index is 2190. The van der Waals surface area contributed by atoms with Crippen molar-refractivity contribution in [2.24, 2.45) is 0 Å². The monoisotopic (exact) mass is 503 g/mol. The van der Waals surface area contributed by atoms with Crippen molar-refractivity contribution in [3.05, 3.63) is 126 Å². The molecule has 8 rings (SSSR count). The zero-order chi connectivity index (χ0) is 25.4. The Morgan fingerprint density at radius 1 is 0.526 bits per heavy atom. The lowest BCUT2D eigenvalue weighted by molar-refractivity contribution is 1.19. The molecule has 0 aliphatic heterocycles. The van der Waals surface area contributed by atoms with Crippen LogP contribution in [-0.2, 0) is 0 Å². The zero-order valence-electron chi connectivity index (χ0n) is 21.3. The Balaban J connectivity index is 1.75. The molecule has 0 unspecified atom stereocenters. The van der Waals surface area contributed by atoms with Gasteiger partial charge in [0.1, 0.15) is 0 Å². The number of nitrogens with zero attached hydrogens (tertiary/aromatic N) is 1. The molecule has 0 spiro atoms. The quantitative estimate of drug-likeness (QED) is 0.221. The molecule has 0 aliphatic rings. The molecule has 2 heterocycles. The van der Waals surface area contributed by atoms with Gasteiger partial charge in [-0.3, -0.25) is 0 Å². The van der Waals surface area contributed by atoms with Crippen molar-refractivity contribution in [2.75, 3.05) is 0 Å². The summed E-state index contributed by atoms with van der Waals surface area (Å²) in [5.41, 5.74) is 9.00. The van der Waals surface area contributed by atoms with Crippen LogP contribution in [0.15, 0.2) is 115 Å². The highest BCUT2D eigenvalue weighted by molar-refractivity contribution is 7.27. The number of aromatic nitrogens is 1. The van der Waals surface area contributed by atoms with Gasteiger partial charge in [0.05, 0.1) is 11.0 Å². The lowest BCUT2D eigenvalue weighted by Crippen LogP contribution is -1.95. The van der Waals surface area contributed by atoms with E-state index in [1.54, 1.807) is 0 Å². The van der Waals surface area contributed by atoms with Crippen molar-refractivity contribution in [1.82, 2.24) is 4.57 Å². The summed E-state index contributed by atoms with van der Waals surface area (Å²) in [5, 5.41) is 8.05. The first-order valence-electron chi connectivity index (χ1n) is 13.1. The average molecular weight is 504 g/mol. The van der Waals surface area contributed by atoms with Crippen LogP contribution in [0.3, 0.4) is 0 Å². The molecule has 0 N–H and O–H groups in total. The Hall–Kier alpha value is -4.40. The van der Waals surface area contributed by atoms with Crippen LogP contribution in [0.25, 0.3) is 69.6 Å². The molecule has 6 aromatic carbocycles. The maximum Gasteiger partial charge on any atom is 0.0634 e. The van der Waals surface area contributed by atoms with E-state index in [0.29, 0.717) is 0 Å². The standard InChI is InChI=1S/C36H25NS/c1-22-12-6-7-15-25(22)31-23(2)20-21-29-33(31)34-35(37(29)24-13-4-3-5-14-24)27-17-9-8-16-26(27)32-28-18-10-11-19-30(28)38-36(32)34/h3-21H,1-2H3. The first kappa shape index (κ1) is 21.7. The molecule has 0 aliphatic carbocycles. The predicted molar refractivity (Wildman–Crippen MR) is 166 cm³/mol. The first-order valence-corrected chi connectivity index (χ1v) is 13.9. The number of rotatable bonds is 2. The molecule has 180 valence electrons. The van der Waals surface area contributed by atoms with Gasteiger partial charge in [-0.1, -0.05) is 91.0 Å². The van der Waals surface area contributed by atoms with Gasteiger partial charge in [0.15, 0.2) is 0 Å². The topological polar surface area (TPSA) is 4.93 Å². The highest BCUT2D eigenvalue weighted by Crippen LogP contribution is 2.50. The summed E-state index contributed by atoms with van der Waals surface area (Å²) in [4.78, 5) is 0. The lowest BCUT2D eigenvalue weighted by Gasteiger charge is -2.13. The van der Waals surface area contributed by atoms with Crippen LogP contribution in [0.4, 0.5) is 0 Å². The van der Waals surface area contributed by atoms with Gasteiger partial charge in [-0.05, 0) is 65.8 Å². The summed E-state index contributed by atoms with van der Waals surface area (Å²) < 4.78 is 5.21. The summed E-state index contributed by atoms with van der Waals surface area (Å²) in [6.45, 7) is 4.49. The van der Waals surface area contributed by atoms with Crippen LogP contribution in [0.1, 0.15) is 11.1 Å². The van der Waals surface area contributed by atoms with E-state index >= 15 is 0 Å². The second-order valence-corrected chi connectivity index (χ2v) is 11.3. The molecule has 38 heavy (non-hydrogen) atoms. The SMILES string of the molecule is Cc1ccccc1-c1c(C)ccc2c1c1c3sc4ccccc4c3c3ccccc3c1n2-c1ccccc1. The summed E-state index contributed by atoms with van der Waals surface area (Å²) >= 11 is 1.93. The molecule has 0 fully saturated rings. The maximum absolute atomic E-state index is 2.50. The summed E-state index contributed by atoms with van der Waals surface area (Å²) in [6, 6.07) is 42.2. The second-order valence-electron chi connectivity index (χ2n) is 10.2. The van der Waals surface area contributed by atoms with Gasteiger partial charge in [-0.25, -0.2) is 0 Å². The Morgan fingerprint density at radius 3 is 2.03 bits per heavy atom. The van der Waals surface area contributed by atoms with Crippen LogP contribution < -0.4 is 0 Å². The fraction of sp³-hybridized carbons (Fsp3) is 0.0556. The van der Waals surface area contributed by atoms with Crippen LogP contribution in [-0.4, -0.2) is 4.57 Å². The predicted octanol–water partition coefficient (Wildman–Crippen LogP) is 10.6. The third-order valence-corrected chi connectivity index (χ3v) is 9.23. The van der Waals surface area contributed by atoms with Gasteiger partial charge in [0.2, 0.25) is 0 Å². The molecule has 0 saturated heterocycles. The lowest BCUT2D eigenvalue weighted by atomic mass is 9.91. The van der Waals surface area contributed by atoms with E-state index in [1.807, 2.05) is 11.3 Å². The van der Waals surface area contributed by atoms with Crippen molar-refractivity contribution in [2.45, 2.75) is 13.8 Å². The van der Waals surface area contributed by atoms with Crippen molar-refractivity contribution >= 4 is 64.1 Å². The van der Waals surface area contributed by atoms with Crippen LogP contribution >= 0.6 is 11.3 Å². The fourth-order valence-corrected chi connectivity index (χ4v) is 7.67. The highest BCUT2D eigenvalue weighted by Gasteiger charge is 2.24. The molecule has 8 aromatic rings. The number of fused-ring (bicyclic) bond motifs is 10. The van der Waals surface area contributed by atoms with Crippen molar-refractivity contribution in [3.63, 3.8) is 0 Å². The molecule has 2 heteroatoms.